The first kappa shape index (κ1) is 15.8. The molecule has 1 aromatic rings. The van der Waals surface area contributed by atoms with Gasteiger partial charge in [0.2, 0.25) is 0 Å². The number of benzene rings is 1. The fourth-order valence-electron chi connectivity index (χ4n) is 5.80. The molecule has 0 aromatic heterocycles. The van der Waals surface area contributed by atoms with Gasteiger partial charge >= 0.3 is 0 Å². The Bertz CT molecular complexity index is 762. The molecule has 0 amide bonds. The van der Waals surface area contributed by atoms with E-state index in [4.69, 9.17) is 9.47 Å². The van der Waals surface area contributed by atoms with E-state index in [1.54, 1.807) is 0 Å². The quantitative estimate of drug-likeness (QED) is 0.806. The lowest BCUT2D eigenvalue weighted by molar-refractivity contribution is -0.157. The van der Waals surface area contributed by atoms with Gasteiger partial charge in [-0.2, -0.15) is 0 Å². The van der Waals surface area contributed by atoms with Crippen molar-refractivity contribution in [2.24, 2.45) is 0 Å². The van der Waals surface area contributed by atoms with E-state index in [9.17, 15) is 10.2 Å². The second-order valence-electron chi connectivity index (χ2n) is 7.81. The number of rotatable bonds is 3. The van der Waals surface area contributed by atoms with Crippen LogP contribution >= 0.6 is 0 Å². The van der Waals surface area contributed by atoms with Gasteiger partial charge in [0.25, 0.3) is 0 Å². The maximum Gasteiger partial charge on any atom is 0.141 e. The van der Waals surface area contributed by atoms with Crippen molar-refractivity contribution in [3.8, 4) is 5.75 Å². The normalized spacial score (nSPS) is 40.7. The SMILES string of the molecule is CCO[C@H]1C=C[C@@]2(O)C3Cc4ccc(CO)c5c4[C@@]2(CCN3C)[C@H]1O5. The topological polar surface area (TPSA) is 62.2 Å². The van der Waals surface area contributed by atoms with E-state index >= 15 is 0 Å². The van der Waals surface area contributed by atoms with Crippen LogP contribution in [0.3, 0.4) is 0 Å². The highest BCUT2D eigenvalue weighted by Gasteiger charge is 2.71. The van der Waals surface area contributed by atoms with E-state index in [0.717, 1.165) is 36.3 Å². The van der Waals surface area contributed by atoms with Gasteiger partial charge in [0, 0.05) is 23.8 Å². The van der Waals surface area contributed by atoms with E-state index in [1.165, 1.54) is 5.56 Å². The zero-order chi connectivity index (χ0) is 17.4. The van der Waals surface area contributed by atoms with Gasteiger partial charge in [0.1, 0.15) is 23.6 Å². The molecule has 134 valence electrons. The van der Waals surface area contributed by atoms with Gasteiger partial charge in [-0.05, 0) is 38.9 Å². The van der Waals surface area contributed by atoms with Crippen molar-refractivity contribution in [1.29, 1.82) is 0 Å². The lowest BCUT2D eigenvalue weighted by Crippen LogP contribution is -2.75. The van der Waals surface area contributed by atoms with Crippen molar-refractivity contribution < 1.29 is 19.7 Å². The third-order valence-electron chi connectivity index (χ3n) is 6.90. The summed E-state index contributed by atoms with van der Waals surface area (Å²) in [5.41, 5.74) is 1.70. The number of nitrogens with zero attached hydrogens (tertiary/aromatic N) is 1. The van der Waals surface area contributed by atoms with E-state index in [2.05, 4.69) is 18.0 Å². The van der Waals surface area contributed by atoms with Gasteiger partial charge in [0.05, 0.1) is 12.0 Å². The van der Waals surface area contributed by atoms with Gasteiger partial charge in [-0.15, -0.1) is 0 Å². The van der Waals surface area contributed by atoms with Crippen LogP contribution in [0.5, 0.6) is 5.75 Å². The summed E-state index contributed by atoms with van der Waals surface area (Å²) in [4.78, 5) is 2.27. The highest BCUT2D eigenvalue weighted by molar-refractivity contribution is 5.62. The highest BCUT2D eigenvalue weighted by Crippen LogP contribution is 2.63. The maximum absolute atomic E-state index is 11.9. The molecule has 1 spiro atoms. The molecule has 25 heavy (non-hydrogen) atoms. The summed E-state index contributed by atoms with van der Waals surface area (Å²) in [6, 6.07) is 4.10. The molecule has 0 saturated carbocycles. The van der Waals surface area contributed by atoms with Gasteiger partial charge in [-0.3, -0.25) is 4.90 Å². The van der Waals surface area contributed by atoms with Crippen LogP contribution in [0.25, 0.3) is 0 Å². The molecule has 2 aliphatic heterocycles. The zero-order valence-electron chi connectivity index (χ0n) is 14.7. The number of likely N-dealkylation sites (tertiary alicyclic amines) is 1. The van der Waals surface area contributed by atoms with Gasteiger partial charge < -0.3 is 19.7 Å². The van der Waals surface area contributed by atoms with E-state index in [1.807, 2.05) is 25.1 Å². The minimum Gasteiger partial charge on any atom is -0.486 e. The molecular weight excluding hydrogens is 318 g/mol. The van der Waals surface area contributed by atoms with Crippen LogP contribution in [-0.2, 0) is 23.2 Å². The number of hydrogen-bond donors (Lipinski definition) is 2. The van der Waals surface area contributed by atoms with Crippen LogP contribution in [0, 0.1) is 0 Å². The first-order valence-corrected chi connectivity index (χ1v) is 9.23. The third-order valence-corrected chi connectivity index (χ3v) is 6.90. The lowest BCUT2D eigenvalue weighted by atomic mass is 9.50. The standard InChI is InChI=1S/C20H25NO4/c1-3-24-14-6-7-20(23)15-10-12-4-5-13(11-22)17-16(12)19(20,18(14)25-17)8-9-21(15)2/h4-7,14-15,18,22-23H,3,8-11H2,1-2H3/t14-,15?,18-,19-,20+/m0/s1. The van der Waals surface area contributed by atoms with E-state index in [0.29, 0.717) is 6.61 Å². The second kappa shape index (κ2) is 5.07. The molecule has 4 aliphatic rings. The molecule has 5 nitrogen and oxygen atoms in total. The van der Waals surface area contributed by atoms with Gasteiger partial charge in [-0.25, -0.2) is 0 Å². The summed E-state index contributed by atoms with van der Waals surface area (Å²) < 4.78 is 12.4. The Morgan fingerprint density at radius 3 is 3.00 bits per heavy atom. The molecule has 2 bridgehead atoms. The molecule has 1 unspecified atom stereocenters. The predicted octanol–water partition coefficient (Wildman–Crippen LogP) is 1.14. The van der Waals surface area contributed by atoms with Crippen LogP contribution in [0.4, 0.5) is 0 Å². The molecule has 5 rings (SSSR count). The minimum atomic E-state index is -0.968. The smallest absolute Gasteiger partial charge is 0.141 e. The molecule has 5 atom stereocenters. The number of ether oxygens (including phenoxy) is 2. The number of aliphatic hydroxyl groups is 2. The van der Waals surface area contributed by atoms with Gasteiger partial charge in [-0.1, -0.05) is 24.3 Å². The maximum atomic E-state index is 11.9. The molecule has 2 aliphatic carbocycles. The first-order valence-electron chi connectivity index (χ1n) is 9.23. The largest absolute Gasteiger partial charge is 0.486 e. The molecular formula is C20H25NO4. The third kappa shape index (κ3) is 1.68. The summed E-state index contributed by atoms with van der Waals surface area (Å²) in [5.74, 6) is 0.778. The molecule has 1 aromatic carbocycles. The van der Waals surface area contributed by atoms with Gasteiger partial charge in [0.15, 0.2) is 0 Å². The molecule has 1 saturated heterocycles. The molecule has 0 radical (unpaired) electrons. The van der Waals surface area contributed by atoms with Crippen LogP contribution in [-0.4, -0.2) is 59.2 Å². The Hall–Kier alpha value is -1.40. The Morgan fingerprint density at radius 2 is 2.24 bits per heavy atom. The summed E-state index contributed by atoms with van der Waals surface area (Å²) in [5, 5.41) is 21.7. The van der Waals surface area contributed by atoms with Crippen molar-refractivity contribution in [3.05, 3.63) is 41.0 Å². The predicted molar refractivity (Wildman–Crippen MR) is 92.7 cm³/mol. The monoisotopic (exact) mass is 343 g/mol. The van der Waals surface area contributed by atoms with Crippen molar-refractivity contribution in [2.45, 2.75) is 55.6 Å². The van der Waals surface area contributed by atoms with Crippen LogP contribution in [0.2, 0.25) is 0 Å². The summed E-state index contributed by atoms with van der Waals surface area (Å²) in [6.45, 7) is 3.45. The first-order chi connectivity index (χ1) is 12.1. The zero-order valence-corrected chi connectivity index (χ0v) is 14.7. The Morgan fingerprint density at radius 1 is 1.40 bits per heavy atom. The Labute approximate surface area is 147 Å². The average Bonchev–Trinajstić information content (AvgIpc) is 2.96. The summed E-state index contributed by atoms with van der Waals surface area (Å²) >= 11 is 0. The highest BCUT2D eigenvalue weighted by atomic mass is 16.5. The van der Waals surface area contributed by atoms with Crippen LogP contribution in [0.15, 0.2) is 24.3 Å². The van der Waals surface area contributed by atoms with E-state index in [-0.39, 0.29) is 24.9 Å². The van der Waals surface area contributed by atoms with Crippen molar-refractivity contribution in [1.82, 2.24) is 4.90 Å². The lowest BCUT2D eigenvalue weighted by Gasteiger charge is -2.61. The fourth-order valence-corrected chi connectivity index (χ4v) is 5.80. The Balaban J connectivity index is 1.80. The molecule has 2 N–H and O–H groups in total. The van der Waals surface area contributed by atoms with Crippen molar-refractivity contribution >= 4 is 0 Å². The number of piperidine rings is 1. The molecule has 1 fully saturated rings. The summed E-state index contributed by atoms with van der Waals surface area (Å²) in [6.07, 6.45) is 5.14. The number of likely N-dealkylation sites (N-methyl/N-ethyl adjacent to an activating group) is 1. The minimum absolute atomic E-state index is 0.0320. The van der Waals surface area contributed by atoms with E-state index < -0.39 is 11.0 Å². The van der Waals surface area contributed by atoms with Crippen LogP contribution in [0.1, 0.15) is 30.0 Å². The number of aliphatic hydroxyl groups excluding tert-OH is 1. The Kier molecular flexibility index (Phi) is 3.21. The summed E-state index contributed by atoms with van der Waals surface area (Å²) in [7, 11) is 2.09. The molecule has 2 heterocycles. The number of hydrogen-bond acceptors (Lipinski definition) is 5. The van der Waals surface area contributed by atoms with Crippen molar-refractivity contribution in [2.75, 3.05) is 20.2 Å². The van der Waals surface area contributed by atoms with Crippen LogP contribution < -0.4 is 4.74 Å². The second-order valence-corrected chi connectivity index (χ2v) is 7.81. The molecule has 5 heteroatoms. The van der Waals surface area contributed by atoms with Crippen molar-refractivity contribution in [3.63, 3.8) is 0 Å². The fraction of sp³-hybridized carbons (Fsp3) is 0.600. The average molecular weight is 343 g/mol.